The molecule has 0 atom stereocenters. The first kappa shape index (κ1) is 31.2. The zero-order valence-corrected chi connectivity index (χ0v) is 28.5. The van der Waals surface area contributed by atoms with Crippen LogP contribution in [-0.2, 0) is 10.0 Å². The number of aromatic nitrogens is 4. The summed E-state index contributed by atoms with van der Waals surface area (Å²) in [7, 11) is 2.35. The van der Waals surface area contributed by atoms with Gasteiger partial charge in [-0.2, -0.15) is 4.98 Å². The molecular weight excluding hydrogens is 658 g/mol. The molecule has 1 aliphatic heterocycles. The third-order valence-corrected chi connectivity index (χ3v) is 10.1. The highest BCUT2D eigenvalue weighted by Crippen LogP contribution is 2.43. The highest BCUT2D eigenvalue weighted by Gasteiger charge is 2.38. The number of aryl methyl sites for hydroxylation is 1. The van der Waals surface area contributed by atoms with Gasteiger partial charge in [0.15, 0.2) is 0 Å². The van der Waals surface area contributed by atoms with Gasteiger partial charge in [-0.15, -0.1) is 0 Å². The molecule has 1 saturated heterocycles. The van der Waals surface area contributed by atoms with Gasteiger partial charge in [0, 0.05) is 55.5 Å². The average molecular weight is 697 g/mol. The monoisotopic (exact) mass is 695 g/mol. The van der Waals surface area contributed by atoms with E-state index in [1.807, 2.05) is 6.07 Å². The van der Waals surface area contributed by atoms with Crippen LogP contribution in [0.3, 0.4) is 0 Å². The van der Waals surface area contributed by atoms with Gasteiger partial charge in [0.25, 0.3) is 0 Å². The quantitative estimate of drug-likeness (QED) is 0.220. The van der Waals surface area contributed by atoms with Crippen LogP contribution in [0.15, 0.2) is 47.3 Å². The Hall–Kier alpha value is -3.75. The first-order chi connectivity index (χ1) is 21.5. The van der Waals surface area contributed by atoms with Crippen molar-refractivity contribution in [3.05, 3.63) is 52.9 Å². The number of piperidine rings is 1. The predicted molar refractivity (Wildman–Crippen MR) is 183 cm³/mol. The third-order valence-electron chi connectivity index (χ3n) is 8.37. The van der Waals surface area contributed by atoms with Gasteiger partial charge in [0.1, 0.15) is 22.8 Å². The number of methoxy groups -OCH3 is 1. The molecule has 3 heterocycles. The molecule has 6 rings (SSSR count). The molecule has 45 heavy (non-hydrogen) atoms. The number of anilines is 6. The Morgan fingerprint density at radius 2 is 1.71 bits per heavy atom. The van der Waals surface area contributed by atoms with Crippen molar-refractivity contribution in [2.75, 3.05) is 60.4 Å². The summed E-state index contributed by atoms with van der Waals surface area (Å²) in [6.07, 6.45) is 9.82. The highest BCUT2D eigenvalue weighted by atomic mass is 79.9. The Labute approximate surface area is 272 Å². The summed E-state index contributed by atoms with van der Waals surface area (Å²) in [5, 5.41) is 6.67. The molecule has 12 nitrogen and oxygen atoms in total. The fourth-order valence-electron chi connectivity index (χ4n) is 5.94. The van der Waals surface area contributed by atoms with Gasteiger partial charge in [0.2, 0.25) is 16.0 Å². The summed E-state index contributed by atoms with van der Waals surface area (Å²) in [6.45, 7) is 4.08. The van der Waals surface area contributed by atoms with Crippen molar-refractivity contribution >= 4 is 71.5 Å². The maximum atomic E-state index is 13.0. The second-order valence-corrected chi connectivity index (χ2v) is 14.6. The molecule has 0 spiro atoms. The molecule has 1 saturated carbocycles. The number of hydrogen-bond donors (Lipinski definition) is 2. The van der Waals surface area contributed by atoms with E-state index < -0.39 is 10.0 Å². The number of sulfonamides is 1. The summed E-state index contributed by atoms with van der Waals surface area (Å²) in [5.74, 6) is 1.49. The Morgan fingerprint density at radius 3 is 2.38 bits per heavy atom. The molecular formula is C31H38BrN9O3S. The van der Waals surface area contributed by atoms with Gasteiger partial charge < -0.3 is 25.2 Å². The van der Waals surface area contributed by atoms with Crippen molar-refractivity contribution in [2.24, 2.45) is 0 Å². The van der Waals surface area contributed by atoms with Crippen LogP contribution in [0.2, 0.25) is 0 Å². The van der Waals surface area contributed by atoms with Crippen LogP contribution < -0.4 is 24.6 Å². The third kappa shape index (κ3) is 6.63. The van der Waals surface area contributed by atoms with E-state index in [1.165, 1.54) is 10.6 Å². The van der Waals surface area contributed by atoms with Crippen LogP contribution >= 0.6 is 15.9 Å². The van der Waals surface area contributed by atoms with Gasteiger partial charge in [-0.05, 0) is 86.4 Å². The minimum absolute atomic E-state index is 0.128. The molecule has 2 N–H and O–H groups in total. The maximum Gasteiger partial charge on any atom is 0.232 e. The summed E-state index contributed by atoms with van der Waals surface area (Å²) < 4.78 is 33.9. The van der Waals surface area contributed by atoms with E-state index in [9.17, 15) is 8.42 Å². The second-order valence-electron chi connectivity index (χ2n) is 11.8. The first-order valence-electron chi connectivity index (χ1n) is 14.9. The van der Waals surface area contributed by atoms with E-state index in [4.69, 9.17) is 9.72 Å². The molecule has 4 aromatic rings. The predicted octanol–water partition coefficient (Wildman–Crippen LogP) is 5.45. The molecule has 2 aromatic heterocycles. The van der Waals surface area contributed by atoms with Crippen LogP contribution in [0.25, 0.3) is 11.0 Å². The maximum absolute atomic E-state index is 13.0. The van der Waals surface area contributed by atoms with E-state index in [1.54, 1.807) is 31.8 Å². The standard InChI is InChI=1S/C31H38BrN9O3S/c1-19-16-25(27(44-4)17-26(19)40-14-10-20(11-15-40)39(2)3)37-31-35-18-22(32)30(38-31)36-24-9-8-23-28(34-13-12-33-23)29(24)41(21-6-7-21)45(5,42)43/h8-9,12-13,16-18,20-21H,6-7,10-11,14-15H2,1-5H3,(H2,35,36,37,38). The normalized spacial score (nSPS) is 15.8. The zero-order valence-electron chi connectivity index (χ0n) is 26.1. The Bertz CT molecular complexity index is 1830. The lowest BCUT2D eigenvalue weighted by atomic mass is 10.0. The van der Waals surface area contributed by atoms with Crippen LogP contribution in [-0.4, -0.2) is 85.9 Å². The molecule has 0 radical (unpaired) electrons. The zero-order chi connectivity index (χ0) is 31.9. The summed E-state index contributed by atoms with van der Waals surface area (Å²) in [6, 6.07) is 8.23. The van der Waals surface area contributed by atoms with Gasteiger partial charge in [-0.25, -0.2) is 13.4 Å². The van der Waals surface area contributed by atoms with Crippen molar-refractivity contribution in [2.45, 2.75) is 44.7 Å². The fraction of sp³-hybridized carbons (Fsp3) is 0.419. The van der Waals surface area contributed by atoms with E-state index >= 15 is 0 Å². The van der Waals surface area contributed by atoms with Crippen LogP contribution in [0.5, 0.6) is 5.75 Å². The van der Waals surface area contributed by atoms with E-state index in [-0.39, 0.29) is 6.04 Å². The fourth-order valence-corrected chi connectivity index (χ4v) is 7.50. The molecule has 14 heteroatoms. The Kier molecular flexibility index (Phi) is 8.72. The van der Waals surface area contributed by atoms with Crippen LogP contribution in [0, 0.1) is 6.92 Å². The molecule has 238 valence electrons. The number of benzene rings is 2. The van der Waals surface area contributed by atoms with Crippen LogP contribution in [0.1, 0.15) is 31.2 Å². The van der Waals surface area contributed by atoms with Gasteiger partial charge in [-0.1, -0.05) is 0 Å². The number of hydrogen-bond acceptors (Lipinski definition) is 11. The molecule has 1 aliphatic carbocycles. The van der Waals surface area contributed by atoms with Crippen molar-refractivity contribution in [3.8, 4) is 5.75 Å². The van der Waals surface area contributed by atoms with Crippen LogP contribution in [0.4, 0.5) is 34.5 Å². The Balaban J connectivity index is 1.30. The topological polar surface area (TPSA) is 129 Å². The SMILES string of the molecule is COc1cc(N2CCC(N(C)C)CC2)c(C)cc1Nc1ncc(Br)c(Nc2ccc3nccnc3c2N(C2CC2)S(C)(=O)=O)n1. The van der Waals surface area contributed by atoms with Gasteiger partial charge in [0.05, 0.1) is 34.7 Å². The lowest BCUT2D eigenvalue weighted by Gasteiger charge is -2.37. The number of nitrogens with one attached hydrogen (secondary N) is 2. The summed E-state index contributed by atoms with van der Waals surface area (Å²) in [5.41, 5.74) is 5.12. The number of fused-ring (bicyclic) bond motifs is 1. The lowest BCUT2D eigenvalue weighted by Crippen LogP contribution is -2.42. The van der Waals surface area contributed by atoms with E-state index in [0.29, 0.717) is 50.4 Å². The number of ether oxygens (including phenoxy) is 1. The van der Waals surface area contributed by atoms with Crippen molar-refractivity contribution in [1.82, 2.24) is 24.8 Å². The number of rotatable bonds is 10. The van der Waals surface area contributed by atoms with Crippen molar-refractivity contribution in [1.29, 1.82) is 0 Å². The second kappa shape index (κ2) is 12.6. The molecule has 0 unspecified atom stereocenters. The molecule has 0 bridgehead atoms. The smallest absolute Gasteiger partial charge is 0.232 e. The van der Waals surface area contributed by atoms with Gasteiger partial charge in [-0.3, -0.25) is 14.3 Å². The average Bonchev–Trinajstić information content (AvgIpc) is 3.84. The summed E-state index contributed by atoms with van der Waals surface area (Å²) in [4.78, 5) is 22.9. The van der Waals surface area contributed by atoms with Gasteiger partial charge >= 0.3 is 0 Å². The number of nitrogens with zero attached hydrogens (tertiary/aromatic N) is 7. The molecule has 2 fully saturated rings. The minimum Gasteiger partial charge on any atom is -0.494 e. The number of halogens is 1. The lowest BCUT2D eigenvalue weighted by molar-refractivity contribution is 0.249. The van der Waals surface area contributed by atoms with E-state index in [2.05, 4.69) is 84.5 Å². The van der Waals surface area contributed by atoms with Crippen molar-refractivity contribution < 1.29 is 13.2 Å². The molecule has 0 amide bonds. The molecule has 2 aromatic carbocycles. The molecule has 2 aliphatic rings. The Morgan fingerprint density at radius 1 is 0.978 bits per heavy atom. The largest absolute Gasteiger partial charge is 0.494 e. The van der Waals surface area contributed by atoms with Crippen molar-refractivity contribution in [3.63, 3.8) is 0 Å². The minimum atomic E-state index is -3.60. The van der Waals surface area contributed by atoms with E-state index in [0.717, 1.165) is 55.7 Å². The summed E-state index contributed by atoms with van der Waals surface area (Å²) >= 11 is 3.56. The highest BCUT2D eigenvalue weighted by molar-refractivity contribution is 9.10. The first-order valence-corrected chi connectivity index (χ1v) is 17.6.